The van der Waals surface area contributed by atoms with Crippen molar-refractivity contribution < 1.29 is 9.63 Å². The second-order valence-corrected chi connectivity index (χ2v) is 6.49. The number of carbonyl (C=O) groups is 1. The maximum absolute atomic E-state index is 12.4. The van der Waals surface area contributed by atoms with Crippen molar-refractivity contribution in [2.45, 2.75) is 52.3 Å². The van der Waals surface area contributed by atoms with Crippen LogP contribution in [0, 0.1) is 0 Å². The summed E-state index contributed by atoms with van der Waals surface area (Å²) in [7, 11) is 0. The van der Waals surface area contributed by atoms with E-state index in [0.717, 1.165) is 22.6 Å². The summed E-state index contributed by atoms with van der Waals surface area (Å²) in [4.78, 5) is 22.4. The standard InChI is InChI=1S/C17H22N4O2/c1-11(2)21-14-8-6-5-7-13(14)19-15(21)10-18-16(22)17(4)9-12(3)20-23-17/h5-8,11H,9-10H2,1-4H3,(H,18,22)/t17-/m0/s1. The van der Waals surface area contributed by atoms with Gasteiger partial charge in [0.25, 0.3) is 5.91 Å². The van der Waals surface area contributed by atoms with E-state index in [1.165, 1.54) is 0 Å². The fraction of sp³-hybridized carbons (Fsp3) is 0.471. The molecule has 2 aromatic rings. The Kier molecular flexibility index (Phi) is 3.83. The monoisotopic (exact) mass is 314 g/mol. The van der Waals surface area contributed by atoms with Crippen molar-refractivity contribution in [2.75, 3.05) is 0 Å². The number of amides is 1. The van der Waals surface area contributed by atoms with Crippen molar-refractivity contribution >= 4 is 22.7 Å². The van der Waals surface area contributed by atoms with Crippen LogP contribution in [0.15, 0.2) is 29.4 Å². The van der Waals surface area contributed by atoms with Gasteiger partial charge in [0.1, 0.15) is 5.82 Å². The van der Waals surface area contributed by atoms with Gasteiger partial charge >= 0.3 is 0 Å². The van der Waals surface area contributed by atoms with Gasteiger partial charge in [-0.05, 0) is 39.8 Å². The highest BCUT2D eigenvalue weighted by molar-refractivity contribution is 5.94. The first-order chi connectivity index (χ1) is 10.9. The van der Waals surface area contributed by atoms with Crippen LogP contribution in [0.3, 0.4) is 0 Å². The highest BCUT2D eigenvalue weighted by atomic mass is 16.7. The van der Waals surface area contributed by atoms with Crippen LogP contribution in [0.25, 0.3) is 11.0 Å². The molecule has 23 heavy (non-hydrogen) atoms. The van der Waals surface area contributed by atoms with Crippen LogP contribution in [-0.4, -0.2) is 26.8 Å². The Labute approximate surface area is 135 Å². The topological polar surface area (TPSA) is 68.5 Å². The van der Waals surface area contributed by atoms with Crippen LogP contribution in [0.5, 0.6) is 0 Å². The van der Waals surface area contributed by atoms with Crippen LogP contribution >= 0.6 is 0 Å². The first kappa shape index (κ1) is 15.5. The van der Waals surface area contributed by atoms with E-state index in [9.17, 15) is 4.79 Å². The molecule has 1 aliphatic heterocycles. The van der Waals surface area contributed by atoms with Gasteiger partial charge in [0.15, 0.2) is 0 Å². The van der Waals surface area contributed by atoms with Gasteiger partial charge in [0, 0.05) is 12.5 Å². The summed E-state index contributed by atoms with van der Waals surface area (Å²) in [5, 5.41) is 6.82. The number of nitrogens with one attached hydrogen (secondary N) is 1. The van der Waals surface area contributed by atoms with E-state index in [1.807, 2.05) is 31.2 Å². The van der Waals surface area contributed by atoms with Gasteiger partial charge in [-0.1, -0.05) is 17.3 Å². The Morgan fingerprint density at radius 2 is 2.17 bits per heavy atom. The van der Waals surface area contributed by atoms with Crippen molar-refractivity contribution in [3.63, 3.8) is 0 Å². The Morgan fingerprint density at radius 3 is 2.83 bits per heavy atom. The summed E-state index contributed by atoms with van der Waals surface area (Å²) in [6, 6.07) is 8.26. The Morgan fingerprint density at radius 1 is 1.43 bits per heavy atom. The molecule has 0 unspecified atom stereocenters. The fourth-order valence-corrected chi connectivity index (χ4v) is 2.99. The molecule has 1 N–H and O–H groups in total. The van der Waals surface area contributed by atoms with Crippen molar-refractivity contribution in [1.29, 1.82) is 0 Å². The molecule has 1 aromatic heterocycles. The summed E-state index contributed by atoms with van der Waals surface area (Å²) >= 11 is 0. The maximum atomic E-state index is 12.4. The molecule has 1 aromatic carbocycles. The zero-order valence-corrected chi connectivity index (χ0v) is 14.0. The average molecular weight is 314 g/mol. The minimum atomic E-state index is -0.918. The zero-order valence-electron chi connectivity index (χ0n) is 14.0. The van der Waals surface area contributed by atoms with Gasteiger partial charge < -0.3 is 14.7 Å². The second-order valence-electron chi connectivity index (χ2n) is 6.49. The van der Waals surface area contributed by atoms with Gasteiger partial charge in [-0.25, -0.2) is 4.98 Å². The molecule has 2 heterocycles. The molecule has 0 saturated heterocycles. The lowest BCUT2D eigenvalue weighted by atomic mass is 9.99. The molecule has 1 atom stereocenters. The van der Waals surface area contributed by atoms with Crippen molar-refractivity contribution in [3.8, 4) is 0 Å². The highest BCUT2D eigenvalue weighted by Gasteiger charge is 2.40. The maximum Gasteiger partial charge on any atom is 0.267 e. The summed E-state index contributed by atoms with van der Waals surface area (Å²) in [6.45, 7) is 8.20. The molecule has 0 radical (unpaired) electrons. The third kappa shape index (κ3) is 2.81. The number of para-hydroxylation sites is 2. The third-order valence-electron chi connectivity index (χ3n) is 4.07. The summed E-state index contributed by atoms with van der Waals surface area (Å²) < 4.78 is 2.15. The third-order valence-corrected chi connectivity index (χ3v) is 4.07. The molecule has 1 aliphatic rings. The summed E-state index contributed by atoms with van der Waals surface area (Å²) in [5.74, 6) is 0.675. The van der Waals surface area contributed by atoms with Crippen LogP contribution < -0.4 is 5.32 Å². The lowest BCUT2D eigenvalue weighted by Crippen LogP contribution is -2.44. The highest BCUT2D eigenvalue weighted by Crippen LogP contribution is 2.24. The second kappa shape index (κ2) is 5.68. The lowest BCUT2D eigenvalue weighted by molar-refractivity contribution is -0.141. The molecular weight excluding hydrogens is 292 g/mol. The zero-order chi connectivity index (χ0) is 16.6. The van der Waals surface area contributed by atoms with Crippen LogP contribution in [0.4, 0.5) is 0 Å². The van der Waals surface area contributed by atoms with Crippen LogP contribution in [0.2, 0.25) is 0 Å². The largest absolute Gasteiger partial charge is 0.379 e. The van der Waals surface area contributed by atoms with Crippen LogP contribution in [0.1, 0.15) is 46.0 Å². The molecule has 3 rings (SSSR count). The predicted octanol–water partition coefficient (Wildman–Crippen LogP) is 2.79. The molecule has 0 spiro atoms. The predicted molar refractivity (Wildman–Crippen MR) is 89.2 cm³/mol. The molecule has 0 fully saturated rings. The van der Waals surface area contributed by atoms with E-state index < -0.39 is 5.60 Å². The van der Waals surface area contributed by atoms with E-state index in [0.29, 0.717) is 13.0 Å². The Balaban J connectivity index is 1.80. The van der Waals surface area contributed by atoms with Crippen molar-refractivity contribution in [1.82, 2.24) is 14.9 Å². The first-order valence-electron chi connectivity index (χ1n) is 7.86. The van der Waals surface area contributed by atoms with E-state index in [2.05, 4.69) is 33.9 Å². The van der Waals surface area contributed by atoms with E-state index >= 15 is 0 Å². The molecule has 1 amide bonds. The summed E-state index contributed by atoms with van der Waals surface area (Å²) in [5.41, 5.74) is 1.93. The first-order valence-corrected chi connectivity index (χ1v) is 7.86. The Bertz CT molecular complexity index is 778. The molecule has 0 saturated carbocycles. The smallest absolute Gasteiger partial charge is 0.267 e. The van der Waals surface area contributed by atoms with E-state index in [-0.39, 0.29) is 11.9 Å². The number of rotatable bonds is 4. The number of nitrogens with zero attached hydrogens (tertiary/aromatic N) is 3. The SMILES string of the molecule is CC1=NO[C@](C)(C(=O)NCc2nc3ccccc3n2C(C)C)C1. The normalized spacial score (nSPS) is 20.7. The molecule has 122 valence electrons. The number of carbonyl (C=O) groups excluding carboxylic acids is 1. The number of hydrogen-bond acceptors (Lipinski definition) is 4. The van der Waals surface area contributed by atoms with Gasteiger partial charge in [-0.3, -0.25) is 4.79 Å². The van der Waals surface area contributed by atoms with Crippen molar-refractivity contribution in [2.24, 2.45) is 5.16 Å². The number of aromatic nitrogens is 2. The average Bonchev–Trinajstić information content (AvgIpc) is 3.05. The van der Waals surface area contributed by atoms with E-state index in [1.54, 1.807) is 6.92 Å². The van der Waals surface area contributed by atoms with Crippen molar-refractivity contribution in [3.05, 3.63) is 30.1 Å². The number of imidazole rings is 1. The summed E-state index contributed by atoms with van der Waals surface area (Å²) in [6.07, 6.45) is 0.513. The molecular formula is C17H22N4O2. The quantitative estimate of drug-likeness (QED) is 0.943. The molecule has 6 heteroatoms. The van der Waals surface area contributed by atoms with Crippen LogP contribution in [-0.2, 0) is 16.2 Å². The van der Waals surface area contributed by atoms with Gasteiger partial charge in [-0.15, -0.1) is 0 Å². The lowest BCUT2D eigenvalue weighted by Gasteiger charge is -2.20. The fourth-order valence-electron chi connectivity index (χ4n) is 2.99. The minimum absolute atomic E-state index is 0.166. The minimum Gasteiger partial charge on any atom is -0.379 e. The Hall–Kier alpha value is -2.37. The van der Waals surface area contributed by atoms with Gasteiger partial charge in [0.05, 0.1) is 23.3 Å². The molecule has 6 nitrogen and oxygen atoms in total. The number of oxime groups is 1. The number of benzene rings is 1. The molecule has 0 bridgehead atoms. The van der Waals surface area contributed by atoms with Gasteiger partial charge in [0.2, 0.25) is 5.60 Å². The molecule has 0 aliphatic carbocycles. The van der Waals surface area contributed by atoms with Gasteiger partial charge in [-0.2, -0.15) is 0 Å². The number of hydrogen-bond donors (Lipinski definition) is 1. The van der Waals surface area contributed by atoms with E-state index in [4.69, 9.17) is 4.84 Å². The number of fused-ring (bicyclic) bond motifs is 1.